The number of aromatic nitrogens is 1. The Bertz CT molecular complexity index is 1160. The lowest BCUT2D eigenvalue weighted by Crippen LogP contribution is -2.36. The van der Waals surface area contributed by atoms with Crippen LogP contribution in [0.15, 0.2) is 34.7 Å². The summed E-state index contributed by atoms with van der Waals surface area (Å²) in [6.45, 7) is 3.65. The molecule has 30 heavy (non-hydrogen) atoms. The van der Waals surface area contributed by atoms with E-state index in [1.807, 2.05) is 6.07 Å². The molecule has 3 aromatic rings. The summed E-state index contributed by atoms with van der Waals surface area (Å²) in [4.78, 5) is 31.0. The number of carbonyl (C=O) groups is 2. The first-order valence-corrected chi connectivity index (χ1v) is 9.31. The smallest absolute Gasteiger partial charge is 0.309 e. The summed E-state index contributed by atoms with van der Waals surface area (Å²) in [6.07, 6.45) is 0. The third-order valence-corrected chi connectivity index (χ3v) is 5.05. The Morgan fingerprint density at radius 3 is 2.40 bits per heavy atom. The van der Waals surface area contributed by atoms with Gasteiger partial charge in [0.25, 0.3) is 5.89 Å². The summed E-state index contributed by atoms with van der Waals surface area (Å²) in [7, 11) is 3.16. The van der Waals surface area contributed by atoms with Gasteiger partial charge < -0.3 is 14.2 Å². The Balaban J connectivity index is 2.04. The van der Waals surface area contributed by atoms with E-state index in [4.69, 9.17) is 4.42 Å². The molecule has 0 saturated carbocycles. The van der Waals surface area contributed by atoms with Crippen LogP contribution < -0.4 is 0 Å². The Kier molecular flexibility index (Phi) is 5.83. The van der Waals surface area contributed by atoms with Crippen molar-refractivity contribution in [3.8, 4) is 17.2 Å². The first-order chi connectivity index (χ1) is 14.3. The molecule has 0 atom stereocenters. The summed E-state index contributed by atoms with van der Waals surface area (Å²) in [6, 6.07) is 10.9. The highest BCUT2D eigenvalue weighted by atomic mass is 19.1. The van der Waals surface area contributed by atoms with Crippen molar-refractivity contribution in [3.05, 3.63) is 53.2 Å². The number of halogens is 1. The van der Waals surface area contributed by atoms with Crippen molar-refractivity contribution >= 4 is 22.9 Å². The predicted molar refractivity (Wildman–Crippen MR) is 109 cm³/mol. The van der Waals surface area contributed by atoms with E-state index in [0.29, 0.717) is 17.7 Å². The molecule has 0 aliphatic rings. The molecule has 2 amide bonds. The van der Waals surface area contributed by atoms with Gasteiger partial charge in [-0.2, -0.15) is 5.26 Å². The number of benzene rings is 2. The molecule has 3 rings (SSSR count). The molecule has 2 aromatic carbocycles. The number of nitriles is 1. The van der Waals surface area contributed by atoms with E-state index in [-0.39, 0.29) is 40.6 Å². The number of fused-ring (bicyclic) bond motifs is 1. The van der Waals surface area contributed by atoms with Crippen LogP contribution in [0.25, 0.3) is 22.2 Å². The van der Waals surface area contributed by atoms with Gasteiger partial charge in [-0.05, 0) is 18.1 Å². The third kappa shape index (κ3) is 3.74. The SMILES string of the molecule is CC(=O)N(C)CCN(C)C(=O)c1nc2c(C#N)c(C)c(-c3ccccc3)c(F)c2o1. The summed E-state index contributed by atoms with van der Waals surface area (Å²) >= 11 is 0. The fourth-order valence-corrected chi connectivity index (χ4v) is 3.12. The quantitative estimate of drug-likeness (QED) is 0.646. The second-order valence-corrected chi connectivity index (χ2v) is 7.03. The fraction of sp³-hybridized carbons (Fsp3) is 0.273. The number of hydrogen-bond acceptors (Lipinski definition) is 5. The Morgan fingerprint density at radius 2 is 1.80 bits per heavy atom. The van der Waals surface area contributed by atoms with Gasteiger partial charge in [0.05, 0.1) is 5.56 Å². The number of likely N-dealkylation sites (N-methyl/N-ethyl adjacent to an activating group) is 2. The lowest BCUT2D eigenvalue weighted by atomic mass is 9.95. The van der Waals surface area contributed by atoms with E-state index in [1.165, 1.54) is 23.8 Å². The summed E-state index contributed by atoms with van der Waals surface area (Å²) in [5, 5.41) is 9.65. The fourth-order valence-electron chi connectivity index (χ4n) is 3.12. The van der Waals surface area contributed by atoms with Gasteiger partial charge in [0, 0.05) is 39.7 Å². The van der Waals surface area contributed by atoms with Gasteiger partial charge in [0.2, 0.25) is 5.91 Å². The van der Waals surface area contributed by atoms with Crippen LogP contribution in [-0.4, -0.2) is 53.8 Å². The van der Waals surface area contributed by atoms with E-state index in [0.717, 1.165) is 0 Å². The number of hydrogen-bond donors (Lipinski definition) is 0. The number of carbonyl (C=O) groups excluding carboxylic acids is 2. The van der Waals surface area contributed by atoms with Gasteiger partial charge in [-0.15, -0.1) is 0 Å². The maximum atomic E-state index is 15.3. The molecule has 1 aromatic heterocycles. The average Bonchev–Trinajstić information content (AvgIpc) is 3.17. The molecule has 8 heteroatoms. The molecule has 0 N–H and O–H groups in total. The molecule has 0 bridgehead atoms. The van der Waals surface area contributed by atoms with Crippen molar-refractivity contribution < 1.29 is 18.4 Å². The zero-order valence-electron chi connectivity index (χ0n) is 17.2. The van der Waals surface area contributed by atoms with Gasteiger partial charge in [0.15, 0.2) is 11.4 Å². The highest BCUT2D eigenvalue weighted by Crippen LogP contribution is 2.35. The summed E-state index contributed by atoms with van der Waals surface area (Å²) in [5.74, 6) is -1.66. The van der Waals surface area contributed by atoms with Crippen LogP contribution in [0.4, 0.5) is 4.39 Å². The standard InChI is InChI=1S/C22H21FN4O3/c1-13-16(12-24)19-20(18(23)17(13)15-8-6-5-7-9-15)30-21(25-19)22(29)27(4)11-10-26(3)14(2)28/h5-9H,10-11H2,1-4H3. The lowest BCUT2D eigenvalue weighted by Gasteiger charge is -2.20. The van der Waals surface area contributed by atoms with E-state index >= 15 is 4.39 Å². The first kappa shape index (κ1) is 21.0. The summed E-state index contributed by atoms with van der Waals surface area (Å²) < 4.78 is 20.8. The molecule has 0 fully saturated rings. The van der Waals surface area contributed by atoms with Crippen molar-refractivity contribution in [2.75, 3.05) is 27.2 Å². The molecule has 154 valence electrons. The van der Waals surface area contributed by atoms with Crippen LogP contribution in [0.1, 0.15) is 28.7 Å². The van der Waals surface area contributed by atoms with Gasteiger partial charge in [-0.25, -0.2) is 9.37 Å². The van der Waals surface area contributed by atoms with Gasteiger partial charge >= 0.3 is 5.91 Å². The number of oxazole rings is 1. The molecular weight excluding hydrogens is 387 g/mol. The monoisotopic (exact) mass is 408 g/mol. The molecule has 0 aliphatic carbocycles. The highest BCUT2D eigenvalue weighted by Gasteiger charge is 2.26. The second kappa shape index (κ2) is 8.33. The topological polar surface area (TPSA) is 90.4 Å². The minimum atomic E-state index is -0.668. The van der Waals surface area contributed by atoms with Crippen LogP contribution in [0, 0.1) is 24.1 Å². The summed E-state index contributed by atoms with van der Waals surface area (Å²) in [5.41, 5.74) is 1.22. The van der Waals surface area contributed by atoms with Crippen molar-refractivity contribution in [2.45, 2.75) is 13.8 Å². The normalized spacial score (nSPS) is 10.7. The third-order valence-electron chi connectivity index (χ3n) is 5.05. The molecule has 0 spiro atoms. The predicted octanol–water partition coefficient (Wildman–Crippen LogP) is 3.36. The van der Waals surface area contributed by atoms with Crippen molar-refractivity contribution in [1.82, 2.24) is 14.8 Å². The van der Waals surface area contributed by atoms with Crippen molar-refractivity contribution in [1.29, 1.82) is 5.26 Å². The average molecular weight is 408 g/mol. The van der Waals surface area contributed by atoms with Crippen LogP contribution in [0.2, 0.25) is 0 Å². The van der Waals surface area contributed by atoms with E-state index in [1.54, 1.807) is 38.2 Å². The Hall–Kier alpha value is -3.73. The Morgan fingerprint density at radius 1 is 1.17 bits per heavy atom. The molecule has 0 aliphatic heterocycles. The maximum Gasteiger partial charge on any atom is 0.309 e. The molecule has 0 saturated heterocycles. The molecule has 0 unspecified atom stereocenters. The zero-order chi connectivity index (χ0) is 22.0. The van der Waals surface area contributed by atoms with Gasteiger partial charge in [0.1, 0.15) is 11.6 Å². The zero-order valence-corrected chi connectivity index (χ0v) is 17.2. The van der Waals surface area contributed by atoms with Crippen LogP contribution in [0.3, 0.4) is 0 Å². The van der Waals surface area contributed by atoms with Crippen molar-refractivity contribution in [3.63, 3.8) is 0 Å². The molecule has 0 radical (unpaired) electrons. The van der Waals surface area contributed by atoms with E-state index < -0.39 is 11.7 Å². The molecule has 1 heterocycles. The Labute approximate surface area is 173 Å². The molecular formula is C22H21FN4O3. The second-order valence-electron chi connectivity index (χ2n) is 7.03. The molecule has 7 nitrogen and oxygen atoms in total. The lowest BCUT2D eigenvalue weighted by molar-refractivity contribution is -0.127. The minimum Gasteiger partial charge on any atom is -0.429 e. The first-order valence-electron chi connectivity index (χ1n) is 9.31. The highest BCUT2D eigenvalue weighted by molar-refractivity contribution is 5.95. The van der Waals surface area contributed by atoms with Gasteiger partial charge in [-0.1, -0.05) is 30.3 Å². The number of rotatable bonds is 5. The van der Waals surface area contributed by atoms with Crippen molar-refractivity contribution in [2.24, 2.45) is 0 Å². The van der Waals surface area contributed by atoms with Crippen LogP contribution in [0.5, 0.6) is 0 Å². The maximum absolute atomic E-state index is 15.3. The minimum absolute atomic E-state index is 0.0183. The number of nitrogens with zero attached hydrogens (tertiary/aromatic N) is 4. The van der Waals surface area contributed by atoms with E-state index in [9.17, 15) is 14.9 Å². The number of amides is 2. The van der Waals surface area contributed by atoms with E-state index in [2.05, 4.69) is 11.1 Å². The van der Waals surface area contributed by atoms with Crippen LogP contribution >= 0.6 is 0 Å². The van der Waals surface area contributed by atoms with Crippen LogP contribution in [-0.2, 0) is 4.79 Å². The van der Waals surface area contributed by atoms with Gasteiger partial charge in [-0.3, -0.25) is 9.59 Å². The largest absolute Gasteiger partial charge is 0.429 e.